The molecule has 1 N–H and O–H groups in total. The SMILES string of the molecule is CCCN(CC(=O)Nc1cc(Cl)ccc1Cl)C(=O)Cn1c(=O)oc2ccccc21. The number of halogens is 2. The fourth-order valence-electron chi connectivity index (χ4n) is 2.92. The van der Waals surface area contributed by atoms with Crippen molar-refractivity contribution in [1.29, 1.82) is 0 Å². The summed E-state index contributed by atoms with van der Waals surface area (Å²) in [6, 6.07) is 11.6. The molecule has 7 nitrogen and oxygen atoms in total. The minimum absolute atomic E-state index is 0.181. The molecular formula is C20H19Cl2N3O4. The van der Waals surface area contributed by atoms with Crippen LogP contribution in [0.15, 0.2) is 51.7 Å². The molecule has 152 valence electrons. The van der Waals surface area contributed by atoms with Gasteiger partial charge in [-0.05, 0) is 36.8 Å². The first kappa shape index (κ1) is 21.0. The average molecular weight is 436 g/mol. The quantitative estimate of drug-likeness (QED) is 0.611. The van der Waals surface area contributed by atoms with Crippen molar-refractivity contribution in [3.05, 3.63) is 63.1 Å². The van der Waals surface area contributed by atoms with Gasteiger partial charge in [-0.2, -0.15) is 0 Å². The fraction of sp³-hybridized carbons (Fsp3) is 0.250. The van der Waals surface area contributed by atoms with Crippen molar-refractivity contribution in [2.24, 2.45) is 0 Å². The maximum Gasteiger partial charge on any atom is 0.420 e. The molecule has 9 heteroatoms. The molecule has 29 heavy (non-hydrogen) atoms. The number of fused-ring (bicyclic) bond motifs is 1. The van der Waals surface area contributed by atoms with Crippen LogP contribution >= 0.6 is 23.2 Å². The molecular weight excluding hydrogens is 417 g/mol. The van der Waals surface area contributed by atoms with E-state index in [0.717, 1.165) is 0 Å². The molecule has 0 fully saturated rings. The molecule has 0 saturated heterocycles. The molecule has 3 rings (SSSR count). The molecule has 2 amide bonds. The second-order valence-corrected chi connectivity index (χ2v) is 7.25. The van der Waals surface area contributed by atoms with E-state index in [4.69, 9.17) is 27.6 Å². The number of amides is 2. The lowest BCUT2D eigenvalue weighted by Gasteiger charge is -2.22. The topological polar surface area (TPSA) is 84.5 Å². The summed E-state index contributed by atoms with van der Waals surface area (Å²) < 4.78 is 6.41. The summed E-state index contributed by atoms with van der Waals surface area (Å²) in [7, 11) is 0. The molecule has 0 bridgehead atoms. The van der Waals surface area contributed by atoms with E-state index >= 15 is 0 Å². The first-order valence-electron chi connectivity index (χ1n) is 9.00. The van der Waals surface area contributed by atoms with Crippen LogP contribution in [-0.4, -0.2) is 34.4 Å². The number of carbonyl (C=O) groups excluding carboxylic acids is 2. The predicted octanol–water partition coefficient (Wildman–Crippen LogP) is 3.78. The number of rotatable bonds is 7. The number of hydrogen-bond donors (Lipinski definition) is 1. The van der Waals surface area contributed by atoms with Crippen molar-refractivity contribution in [2.45, 2.75) is 19.9 Å². The zero-order valence-electron chi connectivity index (χ0n) is 15.7. The van der Waals surface area contributed by atoms with Crippen LogP contribution in [0.4, 0.5) is 5.69 Å². The van der Waals surface area contributed by atoms with Crippen molar-refractivity contribution in [2.75, 3.05) is 18.4 Å². The number of para-hydroxylation sites is 2. The number of aromatic nitrogens is 1. The van der Waals surface area contributed by atoms with E-state index in [-0.39, 0.29) is 19.0 Å². The summed E-state index contributed by atoms with van der Waals surface area (Å²) in [5, 5.41) is 3.43. The molecule has 0 aliphatic carbocycles. The Kier molecular flexibility index (Phi) is 6.61. The van der Waals surface area contributed by atoms with E-state index in [9.17, 15) is 14.4 Å². The lowest BCUT2D eigenvalue weighted by Crippen LogP contribution is -2.41. The summed E-state index contributed by atoms with van der Waals surface area (Å²) in [6.45, 7) is 1.85. The molecule has 0 spiro atoms. The van der Waals surface area contributed by atoms with Gasteiger partial charge in [0.15, 0.2) is 5.58 Å². The van der Waals surface area contributed by atoms with Crippen molar-refractivity contribution in [3.63, 3.8) is 0 Å². The van der Waals surface area contributed by atoms with Crippen molar-refractivity contribution in [3.8, 4) is 0 Å². The van der Waals surface area contributed by atoms with E-state index in [1.165, 1.54) is 15.5 Å². The van der Waals surface area contributed by atoms with Gasteiger partial charge in [-0.3, -0.25) is 14.2 Å². The predicted molar refractivity (Wildman–Crippen MR) is 112 cm³/mol. The zero-order valence-corrected chi connectivity index (χ0v) is 17.2. The minimum Gasteiger partial charge on any atom is -0.408 e. The van der Waals surface area contributed by atoms with E-state index in [0.29, 0.717) is 39.8 Å². The Morgan fingerprint density at radius 3 is 2.69 bits per heavy atom. The van der Waals surface area contributed by atoms with Crippen molar-refractivity contribution in [1.82, 2.24) is 9.47 Å². The summed E-state index contributed by atoms with van der Waals surface area (Å²) >= 11 is 12.0. The molecule has 2 aromatic carbocycles. The number of oxazole rings is 1. The fourth-order valence-corrected chi connectivity index (χ4v) is 3.25. The van der Waals surface area contributed by atoms with Crippen molar-refractivity contribution >= 4 is 51.8 Å². The van der Waals surface area contributed by atoms with E-state index in [2.05, 4.69) is 5.32 Å². The Morgan fingerprint density at radius 1 is 1.17 bits per heavy atom. The lowest BCUT2D eigenvalue weighted by molar-refractivity contribution is -0.135. The highest BCUT2D eigenvalue weighted by Crippen LogP contribution is 2.25. The van der Waals surface area contributed by atoms with Crippen LogP contribution in [0.25, 0.3) is 11.1 Å². The van der Waals surface area contributed by atoms with Crippen LogP contribution in [0.2, 0.25) is 10.0 Å². The second-order valence-electron chi connectivity index (χ2n) is 6.41. The number of hydrogen-bond acceptors (Lipinski definition) is 4. The lowest BCUT2D eigenvalue weighted by atomic mass is 10.3. The van der Waals surface area contributed by atoms with Crippen LogP contribution in [0.1, 0.15) is 13.3 Å². The molecule has 0 saturated carbocycles. The largest absolute Gasteiger partial charge is 0.420 e. The third-order valence-electron chi connectivity index (χ3n) is 4.25. The van der Waals surface area contributed by atoms with Gasteiger partial charge in [-0.25, -0.2) is 4.79 Å². The maximum absolute atomic E-state index is 12.8. The van der Waals surface area contributed by atoms with Gasteiger partial charge in [-0.1, -0.05) is 42.3 Å². The van der Waals surface area contributed by atoms with Crippen LogP contribution in [-0.2, 0) is 16.1 Å². The Bertz CT molecular complexity index is 1110. The van der Waals surface area contributed by atoms with Crippen molar-refractivity contribution < 1.29 is 14.0 Å². The second kappa shape index (κ2) is 9.15. The normalized spacial score (nSPS) is 10.9. The van der Waals surface area contributed by atoms with Gasteiger partial charge in [0, 0.05) is 11.6 Å². The van der Waals surface area contributed by atoms with E-state index < -0.39 is 11.7 Å². The summed E-state index contributed by atoms with van der Waals surface area (Å²) in [5.41, 5.74) is 1.29. The van der Waals surface area contributed by atoms with E-state index in [1.54, 1.807) is 36.4 Å². The molecule has 3 aromatic rings. The first-order valence-corrected chi connectivity index (χ1v) is 9.75. The average Bonchev–Trinajstić information content (AvgIpc) is 2.99. The van der Waals surface area contributed by atoms with Gasteiger partial charge in [0.1, 0.15) is 6.54 Å². The number of anilines is 1. The van der Waals surface area contributed by atoms with Crippen LogP contribution in [0.3, 0.4) is 0 Å². The molecule has 0 unspecified atom stereocenters. The third kappa shape index (κ3) is 4.99. The molecule has 1 heterocycles. The van der Waals surface area contributed by atoms with Gasteiger partial charge in [0.25, 0.3) is 0 Å². The summed E-state index contributed by atoms with van der Waals surface area (Å²) in [5.74, 6) is -1.40. The maximum atomic E-state index is 12.8. The number of nitrogens with one attached hydrogen (secondary N) is 1. The van der Waals surface area contributed by atoms with E-state index in [1.807, 2.05) is 6.92 Å². The number of benzene rings is 2. The van der Waals surface area contributed by atoms with Crippen LogP contribution < -0.4 is 11.1 Å². The van der Waals surface area contributed by atoms with Crippen LogP contribution in [0, 0.1) is 0 Å². The molecule has 0 aliphatic heterocycles. The van der Waals surface area contributed by atoms with Gasteiger partial charge in [0.05, 0.1) is 22.8 Å². The summed E-state index contributed by atoms with van der Waals surface area (Å²) in [6.07, 6.45) is 0.651. The molecule has 0 aliphatic rings. The standard InChI is InChI=1S/C20H19Cl2N3O4/c1-2-9-24(11-18(26)23-15-10-13(21)7-8-14(15)22)19(27)12-25-16-5-3-4-6-17(16)29-20(25)28/h3-8,10H,2,9,11-12H2,1H3,(H,23,26). The molecule has 1 aromatic heterocycles. The van der Waals surface area contributed by atoms with Gasteiger partial charge < -0.3 is 14.6 Å². The first-order chi connectivity index (χ1) is 13.9. The van der Waals surface area contributed by atoms with Gasteiger partial charge in [-0.15, -0.1) is 0 Å². The van der Waals surface area contributed by atoms with Crippen LogP contribution in [0.5, 0.6) is 0 Å². The molecule has 0 atom stereocenters. The number of nitrogens with zero attached hydrogens (tertiary/aromatic N) is 2. The highest BCUT2D eigenvalue weighted by Gasteiger charge is 2.20. The highest BCUT2D eigenvalue weighted by molar-refractivity contribution is 6.35. The Morgan fingerprint density at radius 2 is 1.93 bits per heavy atom. The Hall–Kier alpha value is -2.77. The Balaban J connectivity index is 1.74. The summed E-state index contributed by atoms with van der Waals surface area (Å²) in [4.78, 5) is 38.8. The highest BCUT2D eigenvalue weighted by atomic mass is 35.5. The smallest absolute Gasteiger partial charge is 0.408 e. The molecule has 0 radical (unpaired) electrons. The minimum atomic E-state index is -0.619. The number of carbonyl (C=O) groups is 2. The third-order valence-corrected chi connectivity index (χ3v) is 4.81. The van der Waals surface area contributed by atoms with Gasteiger partial charge in [0.2, 0.25) is 11.8 Å². The zero-order chi connectivity index (χ0) is 21.0. The van der Waals surface area contributed by atoms with Gasteiger partial charge >= 0.3 is 5.76 Å². The Labute approximate surface area is 176 Å². The monoisotopic (exact) mass is 435 g/mol.